The summed E-state index contributed by atoms with van der Waals surface area (Å²) in [6.45, 7) is 4.22. The topological polar surface area (TPSA) is 41.9 Å². The summed E-state index contributed by atoms with van der Waals surface area (Å²) in [6, 6.07) is 5.25. The third-order valence-electron chi connectivity index (χ3n) is 3.86. The summed E-state index contributed by atoms with van der Waals surface area (Å²) in [4.78, 5) is 0. The Kier molecular flexibility index (Phi) is 3.88. The van der Waals surface area contributed by atoms with Crippen LogP contribution in [0.2, 0.25) is 0 Å². The molecule has 0 saturated heterocycles. The minimum atomic E-state index is -0.416. The summed E-state index contributed by atoms with van der Waals surface area (Å²) < 4.78 is 28.8. The van der Waals surface area contributed by atoms with Gasteiger partial charge in [-0.3, -0.25) is 0 Å². The predicted molar refractivity (Wildman–Crippen MR) is 77.0 cm³/mol. The van der Waals surface area contributed by atoms with Gasteiger partial charge in [-0.2, -0.15) is 5.10 Å². The summed E-state index contributed by atoms with van der Waals surface area (Å²) in [6.07, 6.45) is 1.77. The highest BCUT2D eigenvalue weighted by molar-refractivity contribution is 5.35. The Bertz CT molecular complexity index is 626. The van der Waals surface area contributed by atoms with Gasteiger partial charge >= 0.3 is 0 Å². The van der Waals surface area contributed by atoms with E-state index in [4.69, 9.17) is 0 Å². The fourth-order valence-corrected chi connectivity index (χ4v) is 2.62. The minimum Gasteiger partial charge on any atom is -0.370 e. The number of aromatic nitrogens is 2. The second-order valence-electron chi connectivity index (χ2n) is 5.44. The third kappa shape index (κ3) is 3.05. The Morgan fingerprint density at radius 2 is 2.29 bits per heavy atom. The average molecular weight is 292 g/mol. The van der Waals surface area contributed by atoms with Crippen LogP contribution in [0.4, 0.5) is 14.6 Å². The number of hydrogen-bond donors (Lipinski definition) is 2. The van der Waals surface area contributed by atoms with Gasteiger partial charge in [0.05, 0.1) is 6.20 Å². The maximum absolute atomic E-state index is 13.7. The predicted octanol–water partition coefficient (Wildman–Crippen LogP) is 2.55. The molecule has 0 saturated carbocycles. The van der Waals surface area contributed by atoms with Gasteiger partial charge in [0, 0.05) is 43.2 Å². The van der Waals surface area contributed by atoms with Gasteiger partial charge in [0.2, 0.25) is 0 Å². The Hall–Kier alpha value is -1.95. The molecular weight excluding hydrogens is 274 g/mol. The average Bonchev–Trinajstić information content (AvgIpc) is 2.94. The lowest BCUT2D eigenvalue weighted by atomic mass is 10.0. The molecule has 21 heavy (non-hydrogen) atoms. The Morgan fingerprint density at radius 1 is 1.43 bits per heavy atom. The monoisotopic (exact) mass is 292 g/mol. The van der Waals surface area contributed by atoms with E-state index >= 15 is 0 Å². The van der Waals surface area contributed by atoms with E-state index in [1.807, 2.05) is 17.7 Å². The van der Waals surface area contributed by atoms with Crippen molar-refractivity contribution in [3.05, 3.63) is 47.7 Å². The summed E-state index contributed by atoms with van der Waals surface area (Å²) >= 11 is 0. The van der Waals surface area contributed by atoms with Crippen LogP contribution in [-0.4, -0.2) is 22.9 Å². The summed E-state index contributed by atoms with van der Waals surface area (Å²) in [5, 5.41) is 10.8. The van der Waals surface area contributed by atoms with E-state index in [9.17, 15) is 8.78 Å². The van der Waals surface area contributed by atoms with Crippen LogP contribution in [0.1, 0.15) is 18.5 Å². The lowest BCUT2D eigenvalue weighted by Gasteiger charge is -2.26. The lowest BCUT2D eigenvalue weighted by Crippen LogP contribution is -2.36. The van der Waals surface area contributed by atoms with Crippen molar-refractivity contribution in [3.63, 3.8) is 0 Å². The molecule has 1 aromatic carbocycles. The van der Waals surface area contributed by atoms with Crippen molar-refractivity contribution in [2.45, 2.75) is 19.5 Å². The van der Waals surface area contributed by atoms with Crippen molar-refractivity contribution in [2.75, 3.05) is 18.4 Å². The molecule has 4 nitrogen and oxygen atoms in total. The number of hydrogen-bond acceptors (Lipinski definition) is 3. The number of halogens is 2. The number of nitrogens with one attached hydrogen (secondary N) is 2. The van der Waals surface area contributed by atoms with Gasteiger partial charge in [0.1, 0.15) is 17.5 Å². The molecule has 3 rings (SSSR count). The van der Waals surface area contributed by atoms with E-state index in [0.717, 1.165) is 25.0 Å². The van der Waals surface area contributed by atoms with Gasteiger partial charge in [-0.05, 0) is 25.1 Å². The fourth-order valence-electron chi connectivity index (χ4n) is 2.62. The van der Waals surface area contributed by atoms with Crippen molar-refractivity contribution in [1.82, 2.24) is 15.1 Å². The van der Waals surface area contributed by atoms with E-state index < -0.39 is 5.82 Å². The molecule has 2 aromatic rings. The van der Waals surface area contributed by atoms with Crippen molar-refractivity contribution >= 4 is 5.82 Å². The van der Waals surface area contributed by atoms with Gasteiger partial charge in [-0.15, -0.1) is 0 Å². The molecule has 0 spiro atoms. The SMILES string of the molecule is C[C@H](NC[C@H]1CNc2ccnn2C1)c1cc(F)ccc1F. The van der Waals surface area contributed by atoms with Crippen molar-refractivity contribution in [3.8, 4) is 0 Å². The lowest BCUT2D eigenvalue weighted by molar-refractivity contribution is 0.373. The van der Waals surface area contributed by atoms with Crippen LogP contribution in [-0.2, 0) is 6.54 Å². The van der Waals surface area contributed by atoms with Crippen molar-refractivity contribution in [1.29, 1.82) is 0 Å². The van der Waals surface area contributed by atoms with Gasteiger partial charge in [0.15, 0.2) is 0 Å². The molecule has 112 valence electrons. The highest BCUT2D eigenvalue weighted by Crippen LogP contribution is 2.20. The van der Waals surface area contributed by atoms with Crippen molar-refractivity contribution < 1.29 is 8.78 Å². The molecule has 1 aliphatic heterocycles. The highest BCUT2D eigenvalue weighted by atomic mass is 19.1. The first kappa shape index (κ1) is 14.0. The van der Waals surface area contributed by atoms with Gasteiger partial charge in [0.25, 0.3) is 0 Å². The second-order valence-corrected chi connectivity index (χ2v) is 5.44. The van der Waals surface area contributed by atoms with Gasteiger partial charge in [-0.25, -0.2) is 13.5 Å². The molecule has 0 aliphatic carbocycles. The quantitative estimate of drug-likeness (QED) is 0.910. The molecule has 2 N–H and O–H groups in total. The van der Waals surface area contributed by atoms with E-state index in [2.05, 4.69) is 15.7 Å². The van der Waals surface area contributed by atoms with Crippen LogP contribution in [0.3, 0.4) is 0 Å². The van der Waals surface area contributed by atoms with E-state index in [-0.39, 0.29) is 11.9 Å². The van der Waals surface area contributed by atoms with Crippen LogP contribution in [0.5, 0.6) is 0 Å². The van der Waals surface area contributed by atoms with Crippen LogP contribution >= 0.6 is 0 Å². The van der Waals surface area contributed by atoms with E-state index in [1.165, 1.54) is 12.1 Å². The Balaban J connectivity index is 1.59. The van der Waals surface area contributed by atoms with Crippen LogP contribution in [0.25, 0.3) is 0 Å². The van der Waals surface area contributed by atoms with Gasteiger partial charge in [-0.1, -0.05) is 0 Å². The molecule has 1 aliphatic rings. The molecule has 2 atom stereocenters. The standard InChI is InChI=1S/C15H18F2N4/c1-10(13-6-12(16)2-3-14(13)17)18-7-11-8-19-15-4-5-20-21(15)9-11/h2-6,10-11,18-19H,7-9H2,1H3/t10-,11-/m0/s1. The van der Waals surface area contributed by atoms with Crippen LogP contribution < -0.4 is 10.6 Å². The van der Waals surface area contributed by atoms with E-state index in [0.29, 0.717) is 18.0 Å². The van der Waals surface area contributed by atoms with Crippen LogP contribution in [0, 0.1) is 17.6 Å². The largest absolute Gasteiger partial charge is 0.370 e. The van der Waals surface area contributed by atoms with E-state index in [1.54, 1.807) is 6.20 Å². The molecule has 0 fully saturated rings. The zero-order valence-electron chi connectivity index (χ0n) is 11.8. The zero-order chi connectivity index (χ0) is 14.8. The third-order valence-corrected chi connectivity index (χ3v) is 3.86. The molecule has 6 heteroatoms. The highest BCUT2D eigenvalue weighted by Gasteiger charge is 2.19. The van der Waals surface area contributed by atoms with Crippen LogP contribution in [0.15, 0.2) is 30.5 Å². The number of rotatable bonds is 4. The summed E-state index contributed by atoms with van der Waals surface area (Å²) in [7, 11) is 0. The first-order valence-corrected chi connectivity index (χ1v) is 7.07. The minimum absolute atomic E-state index is 0.236. The zero-order valence-corrected chi connectivity index (χ0v) is 11.8. The molecule has 0 amide bonds. The molecule has 0 unspecified atom stereocenters. The number of nitrogens with zero attached hydrogens (tertiary/aromatic N) is 2. The smallest absolute Gasteiger partial charge is 0.128 e. The molecule has 0 radical (unpaired) electrons. The summed E-state index contributed by atoms with van der Waals surface area (Å²) in [5.74, 6) is 0.583. The first-order chi connectivity index (χ1) is 10.1. The maximum Gasteiger partial charge on any atom is 0.128 e. The number of anilines is 1. The second kappa shape index (κ2) is 5.81. The molecule has 0 bridgehead atoms. The number of fused-ring (bicyclic) bond motifs is 1. The van der Waals surface area contributed by atoms with Crippen molar-refractivity contribution in [2.24, 2.45) is 5.92 Å². The number of benzene rings is 1. The Morgan fingerprint density at radius 3 is 3.14 bits per heavy atom. The molecular formula is C15H18F2N4. The Labute approximate surface area is 122 Å². The molecule has 1 aromatic heterocycles. The van der Waals surface area contributed by atoms with Gasteiger partial charge < -0.3 is 10.6 Å². The normalized spacial score (nSPS) is 18.9. The fraction of sp³-hybridized carbons (Fsp3) is 0.400. The molecule has 2 heterocycles. The summed E-state index contributed by atoms with van der Waals surface area (Å²) in [5.41, 5.74) is 0.360. The maximum atomic E-state index is 13.7. The first-order valence-electron chi connectivity index (χ1n) is 7.07.